The molecule has 1 saturated carbocycles. The van der Waals surface area contributed by atoms with Crippen molar-refractivity contribution in [3.8, 4) is 0 Å². The Hall–Kier alpha value is -2.52. The van der Waals surface area contributed by atoms with E-state index >= 15 is 0 Å². The molecule has 4 rings (SSSR count). The number of hydrogen-bond acceptors (Lipinski definition) is 6. The highest BCUT2D eigenvalue weighted by atomic mass is 32.1. The van der Waals surface area contributed by atoms with Gasteiger partial charge in [-0.1, -0.05) is 0 Å². The molecule has 134 valence electrons. The first-order valence-corrected chi connectivity index (χ1v) is 9.95. The highest BCUT2D eigenvalue weighted by Gasteiger charge is 2.38. The van der Waals surface area contributed by atoms with Gasteiger partial charge in [0.2, 0.25) is 5.95 Å². The lowest BCUT2D eigenvalue weighted by molar-refractivity contribution is 0.0948. The van der Waals surface area contributed by atoms with Gasteiger partial charge < -0.3 is 5.32 Å². The number of aromatic nitrogens is 3. The normalized spacial score (nSPS) is 18.5. The van der Waals surface area contributed by atoms with E-state index in [4.69, 9.17) is 0 Å². The summed E-state index contributed by atoms with van der Waals surface area (Å²) in [5.41, 5.74) is 1.34. The minimum Gasteiger partial charge on any atom is -0.349 e. The molecule has 0 aliphatic heterocycles. The van der Waals surface area contributed by atoms with Crippen LogP contribution in [0.15, 0.2) is 29.2 Å². The molecule has 3 aromatic heterocycles. The number of aryl methyl sites for hydroxylation is 1. The third kappa shape index (κ3) is 3.83. The number of rotatable bonds is 6. The van der Waals surface area contributed by atoms with Crippen LogP contribution in [0.2, 0.25) is 0 Å². The molecule has 3 aromatic rings. The molecule has 26 heavy (non-hydrogen) atoms. The van der Waals surface area contributed by atoms with E-state index in [0.29, 0.717) is 11.5 Å². The van der Waals surface area contributed by atoms with Gasteiger partial charge in [-0.15, -0.1) is 27.8 Å². The zero-order valence-electron chi connectivity index (χ0n) is 14.0. The summed E-state index contributed by atoms with van der Waals surface area (Å²) in [6.07, 6.45) is 3.26. The highest BCUT2D eigenvalue weighted by Crippen LogP contribution is 2.35. The smallest absolute Gasteiger partial charge is 0.258 e. The Bertz CT molecular complexity index is 931. The molecule has 0 radical (unpaired) electrons. The molecular weight excluding hydrogens is 370 g/mol. The van der Waals surface area contributed by atoms with Crippen molar-refractivity contribution in [3.63, 3.8) is 0 Å². The summed E-state index contributed by atoms with van der Waals surface area (Å²) in [6, 6.07) is 4.03. The Morgan fingerprint density at radius 3 is 2.77 bits per heavy atom. The molecule has 1 aliphatic rings. The van der Waals surface area contributed by atoms with Gasteiger partial charge in [-0.2, -0.15) is 0 Å². The quantitative estimate of drug-likeness (QED) is 0.605. The van der Waals surface area contributed by atoms with Crippen LogP contribution in [0.3, 0.4) is 0 Å². The van der Waals surface area contributed by atoms with Gasteiger partial charge >= 0.3 is 0 Å². The first-order chi connectivity index (χ1) is 12.6. The van der Waals surface area contributed by atoms with Gasteiger partial charge in [0.15, 0.2) is 0 Å². The number of thiophene rings is 2. The highest BCUT2D eigenvalue weighted by molar-refractivity contribution is 7.10. The summed E-state index contributed by atoms with van der Waals surface area (Å²) < 4.78 is 0. The first-order valence-electron chi connectivity index (χ1n) is 8.19. The van der Waals surface area contributed by atoms with E-state index < -0.39 is 0 Å². The number of aromatic amines is 1. The third-order valence-electron chi connectivity index (χ3n) is 4.25. The van der Waals surface area contributed by atoms with Crippen molar-refractivity contribution in [2.45, 2.75) is 25.8 Å². The van der Waals surface area contributed by atoms with Gasteiger partial charge in [-0.3, -0.25) is 20.0 Å². The van der Waals surface area contributed by atoms with E-state index in [2.05, 4.69) is 25.8 Å². The predicted molar refractivity (Wildman–Crippen MR) is 101 cm³/mol. The van der Waals surface area contributed by atoms with Crippen LogP contribution in [-0.4, -0.2) is 33.0 Å². The van der Waals surface area contributed by atoms with Crippen molar-refractivity contribution >= 4 is 40.4 Å². The molecule has 3 N–H and O–H groups in total. The van der Waals surface area contributed by atoms with Gasteiger partial charge in [0, 0.05) is 26.6 Å². The van der Waals surface area contributed by atoms with Crippen LogP contribution in [0, 0.1) is 12.8 Å². The third-order valence-corrected chi connectivity index (χ3v) is 6.07. The number of amides is 2. The van der Waals surface area contributed by atoms with Crippen LogP contribution in [0.25, 0.3) is 0 Å². The maximum atomic E-state index is 12.2. The maximum absolute atomic E-state index is 12.2. The lowest BCUT2D eigenvalue weighted by atomic mass is 10.2. The van der Waals surface area contributed by atoms with E-state index in [1.54, 1.807) is 22.7 Å². The molecule has 2 unspecified atom stereocenters. The van der Waals surface area contributed by atoms with Crippen LogP contribution in [-0.2, 0) is 6.42 Å². The van der Waals surface area contributed by atoms with Gasteiger partial charge in [-0.05, 0) is 37.8 Å². The fraction of sp³-hybridized carbons (Fsp3) is 0.294. The van der Waals surface area contributed by atoms with Crippen LogP contribution < -0.4 is 10.6 Å². The number of carbonyl (C=O) groups is 2. The number of nitrogens with one attached hydrogen (secondary N) is 3. The number of hydrogen-bond donors (Lipinski definition) is 3. The van der Waals surface area contributed by atoms with Crippen LogP contribution in [0.5, 0.6) is 0 Å². The summed E-state index contributed by atoms with van der Waals surface area (Å²) in [5, 5.41) is 15.8. The maximum Gasteiger partial charge on any atom is 0.258 e. The Balaban J connectivity index is 1.28. The summed E-state index contributed by atoms with van der Waals surface area (Å²) in [4.78, 5) is 30.5. The molecule has 0 bridgehead atoms. The zero-order chi connectivity index (χ0) is 18.1. The van der Waals surface area contributed by atoms with Gasteiger partial charge in [0.25, 0.3) is 11.8 Å². The molecule has 9 heteroatoms. The van der Waals surface area contributed by atoms with Crippen molar-refractivity contribution in [1.29, 1.82) is 0 Å². The zero-order valence-corrected chi connectivity index (χ0v) is 15.6. The second kappa shape index (κ2) is 7.00. The van der Waals surface area contributed by atoms with E-state index in [9.17, 15) is 9.59 Å². The first kappa shape index (κ1) is 16.9. The van der Waals surface area contributed by atoms with E-state index in [1.807, 2.05) is 29.8 Å². The second-order valence-corrected chi connectivity index (χ2v) is 8.42. The number of nitrogens with zero attached hydrogens (tertiary/aromatic N) is 2. The van der Waals surface area contributed by atoms with Crippen molar-refractivity contribution in [3.05, 3.63) is 50.1 Å². The average Bonchev–Trinajstić information content (AvgIpc) is 3.08. The van der Waals surface area contributed by atoms with E-state index in [-0.39, 0.29) is 23.8 Å². The summed E-state index contributed by atoms with van der Waals surface area (Å²) in [5.74, 6) is 0.470. The average molecular weight is 387 g/mol. The molecular formula is C17H17N5O2S2. The largest absolute Gasteiger partial charge is 0.349 e. The number of anilines is 1. The molecule has 7 nitrogen and oxygen atoms in total. The SMILES string of the molecule is Cc1cc(C(=O)NC2CC2Cc2cc(C(=O)Nc3nc[nH]n3)cs2)cs1. The number of carbonyl (C=O) groups excluding carboxylic acids is 2. The molecule has 1 fully saturated rings. The topological polar surface area (TPSA) is 99.8 Å². The molecule has 0 saturated heterocycles. The summed E-state index contributed by atoms with van der Waals surface area (Å²) >= 11 is 3.14. The monoisotopic (exact) mass is 387 g/mol. The fourth-order valence-electron chi connectivity index (χ4n) is 2.77. The van der Waals surface area contributed by atoms with Gasteiger partial charge in [0.1, 0.15) is 6.33 Å². The Kier molecular flexibility index (Phi) is 4.56. The van der Waals surface area contributed by atoms with Crippen molar-refractivity contribution in [1.82, 2.24) is 20.5 Å². The molecule has 0 aromatic carbocycles. The fourth-order valence-corrected chi connectivity index (χ4v) is 4.41. The molecule has 2 atom stereocenters. The second-order valence-electron chi connectivity index (χ2n) is 6.30. The Labute approximate surface area is 157 Å². The summed E-state index contributed by atoms with van der Waals surface area (Å²) in [7, 11) is 0. The predicted octanol–water partition coefficient (Wildman–Crippen LogP) is 2.85. The van der Waals surface area contributed by atoms with Crippen molar-refractivity contribution < 1.29 is 9.59 Å². The molecule has 0 spiro atoms. The lowest BCUT2D eigenvalue weighted by Crippen LogP contribution is -2.26. The minimum absolute atomic E-state index is 0.000371. The standard InChI is InChI=1S/C17H17N5O2S2/c1-9-2-11(6-25-9)15(23)20-14-5-10(14)3-13-4-12(7-26-13)16(24)21-17-18-8-19-22-17/h2,4,6-8,10,14H,3,5H2,1H3,(H,20,23)(H2,18,19,21,22,24). The lowest BCUT2D eigenvalue weighted by Gasteiger charge is -2.02. The van der Waals surface area contributed by atoms with Crippen LogP contribution in [0.1, 0.15) is 36.9 Å². The molecule has 3 heterocycles. The van der Waals surface area contributed by atoms with Crippen LogP contribution in [0.4, 0.5) is 5.95 Å². The summed E-state index contributed by atoms with van der Waals surface area (Å²) in [6.45, 7) is 1.99. The van der Waals surface area contributed by atoms with Crippen LogP contribution >= 0.6 is 22.7 Å². The number of H-pyrrole nitrogens is 1. The van der Waals surface area contributed by atoms with Crippen molar-refractivity contribution in [2.24, 2.45) is 5.92 Å². The Morgan fingerprint density at radius 1 is 1.23 bits per heavy atom. The molecule has 2 amide bonds. The van der Waals surface area contributed by atoms with Gasteiger partial charge in [-0.25, -0.2) is 4.98 Å². The van der Waals surface area contributed by atoms with E-state index in [0.717, 1.165) is 28.2 Å². The van der Waals surface area contributed by atoms with Gasteiger partial charge in [0.05, 0.1) is 11.1 Å². The molecule has 1 aliphatic carbocycles. The van der Waals surface area contributed by atoms with Crippen molar-refractivity contribution in [2.75, 3.05) is 5.32 Å². The minimum atomic E-state index is -0.222. The Morgan fingerprint density at radius 2 is 2.04 bits per heavy atom. The van der Waals surface area contributed by atoms with E-state index in [1.165, 1.54) is 6.33 Å².